The van der Waals surface area contributed by atoms with E-state index in [1.807, 2.05) is 30.3 Å². The van der Waals surface area contributed by atoms with Crippen LogP contribution in [0.15, 0.2) is 76.8 Å². The molecule has 136 valence electrons. The summed E-state index contributed by atoms with van der Waals surface area (Å²) in [5.41, 5.74) is 6.37. The van der Waals surface area contributed by atoms with E-state index in [2.05, 4.69) is 10.3 Å². The first kappa shape index (κ1) is 18.5. The van der Waals surface area contributed by atoms with Gasteiger partial charge in [0.05, 0.1) is 18.4 Å². The number of nitrogens with one attached hydrogen (secondary N) is 1. The maximum absolute atomic E-state index is 12.8. The minimum atomic E-state index is -0.588. The van der Waals surface area contributed by atoms with Gasteiger partial charge in [0.25, 0.3) is 5.91 Å². The van der Waals surface area contributed by atoms with Crippen molar-refractivity contribution in [3.05, 3.63) is 78.0 Å². The van der Waals surface area contributed by atoms with Crippen molar-refractivity contribution in [3.63, 3.8) is 0 Å². The number of hydrogen-bond donors (Lipinski definition) is 2. The molecule has 0 aliphatic heterocycles. The fraction of sp³-hybridized carbons (Fsp3) is 0.0500. The molecule has 0 spiro atoms. The number of anilines is 1. The summed E-state index contributed by atoms with van der Waals surface area (Å²) >= 11 is 1.39. The highest BCUT2D eigenvalue weighted by atomic mass is 32.2. The van der Waals surface area contributed by atoms with Crippen molar-refractivity contribution in [2.24, 2.45) is 5.73 Å². The van der Waals surface area contributed by atoms with E-state index in [0.29, 0.717) is 22.0 Å². The first-order valence-electron chi connectivity index (χ1n) is 8.05. The molecule has 0 unspecified atom stereocenters. The van der Waals surface area contributed by atoms with Gasteiger partial charge in [0, 0.05) is 16.7 Å². The van der Waals surface area contributed by atoms with E-state index in [0.717, 1.165) is 4.90 Å². The topological polar surface area (TPSA) is 94.3 Å². The Bertz CT molecular complexity index is 977. The van der Waals surface area contributed by atoms with Gasteiger partial charge in [-0.2, -0.15) is 0 Å². The summed E-state index contributed by atoms with van der Waals surface area (Å²) in [5, 5.41) is 3.35. The molecular formula is C20H17N3O3S. The Hall–Kier alpha value is -3.32. The molecule has 0 saturated carbocycles. The van der Waals surface area contributed by atoms with Gasteiger partial charge in [-0.25, -0.2) is 4.98 Å². The Morgan fingerprint density at radius 2 is 1.85 bits per heavy atom. The monoisotopic (exact) mass is 379 g/mol. The number of primary amides is 1. The van der Waals surface area contributed by atoms with E-state index < -0.39 is 5.91 Å². The molecular weight excluding hydrogens is 362 g/mol. The second-order valence-corrected chi connectivity index (χ2v) is 6.57. The summed E-state index contributed by atoms with van der Waals surface area (Å²) in [4.78, 5) is 29.6. The number of methoxy groups -OCH3 is 1. The molecule has 0 aliphatic rings. The van der Waals surface area contributed by atoms with Crippen LogP contribution < -0.4 is 15.8 Å². The van der Waals surface area contributed by atoms with Crippen LogP contribution in [0.4, 0.5) is 5.69 Å². The Morgan fingerprint density at radius 3 is 2.56 bits per heavy atom. The highest BCUT2D eigenvalue weighted by molar-refractivity contribution is 7.99. The lowest BCUT2D eigenvalue weighted by molar-refractivity contribution is 0.0995. The number of ether oxygens (including phenoxy) is 1. The Kier molecular flexibility index (Phi) is 5.73. The average molecular weight is 379 g/mol. The molecule has 3 N–H and O–H groups in total. The molecule has 0 atom stereocenters. The van der Waals surface area contributed by atoms with Gasteiger partial charge in [-0.15, -0.1) is 0 Å². The van der Waals surface area contributed by atoms with Crippen molar-refractivity contribution < 1.29 is 14.3 Å². The molecule has 2 amide bonds. The summed E-state index contributed by atoms with van der Waals surface area (Å²) in [6, 6.07) is 17.7. The van der Waals surface area contributed by atoms with E-state index in [1.54, 1.807) is 24.4 Å². The fourth-order valence-corrected chi connectivity index (χ4v) is 3.29. The van der Waals surface area contributed by atoms with Gasteiger partial charge in [0.2, 0.25) is 5.91 Å². The standard InChI is InChI=1S/C20H17N3O3S/c1-26-17-10-9-13(18(21)24)12-16(17)23-19(25)15-8-5-11-22-20(15)27-14-6-3-2-4-7-14/h2-12H,1H3,(H2,21,24)(H,23,25). The summed E-state index contributed by atoms with van der Waals surface area (Å²) in [6.07, 6.45) is 1.64. The number of carbonyl (C=O) groups is 2. The van der Waals surface area contributed by atoms with Crippen molar-refractivity contribution in [2.45, 2.75) is 9.92 Å². The number of rotatable bonds is 6. The highest BCUT2D eigenvalue weighted by Crippen LogP contribution is 2.30. The quantitative estimate of drug-likeness (QED) is 0.682. The number of benzene rings is 2. The van der Waals surface area contributed by atoms with E-state index >= 15 is 0 Å². The second kappa shape index (κ2) is 8.37. The van der Waals surface area contributed by atoms with E-state index in [-0.39, 0.29) is 11.5 Å². The number of aromatic nitrogens is 1. The average Bonchev–Trinajstić information content (AvgIpc) is 2.69. The van der Waals surface area contributed by atoms with Crippen molar-refractivity contribution in [2.75, 3.05) is 12.4 Å². The Morgan fingerprint density at radius 1 is 1.07 bits per heavy atom. The van der Waals surface area contributed by atoms with E-state index in [9.17, 15) is 9.59 Å². The van der Waals surface area contributed by atoms with Crippen LogP contribution in [0.5, 0.6) is 5.75 Å². The lowest BCUT2D eigenvalue weighted by atomic mass is 10.1. The number of pyridine rings is 1. The van der Waals surface area contributed by atoms with Crippen molar-refractivity contribution in [3.8, 4) is 5.75 Å². The first-order chi connectivity index (χ1) is 13.1. The summed E-state index contributed by atoms with van der Waals surface area (Å²) in [5.74, 6) is -0.522. The Labute approximate surface area is 160 Å². The normalized spacial score (nSPS) is 10.3. The summed E-state index contributed by atoms with van der Waals surface area (Å²) in [6.45, 7) is 0. The molecule has 0 bridgehead atoms. The molecule has 0 saturated heterocycles. The van der Waals surface area contributed by atoms with Crippen LogP contribution in [-0.4, -0.2) is 23.9 Å². The molecule has 1 aromatic heterocycles. The van der Waals surface area contributed by atoms with Gasteiger partial charge >= 0.3 is 0 Å². The predicted octanol–water partition coefficient (Wildman–Crippen LogP) is 3.59. The molecule has 7 heteroatoms. The second-order valence-electron chi connectivity index (χ2n) is 5.50. The van der Waals surface area contributed by atoms with Crippen LogP contribution in [0.3, 0.4) is 0 Å². The van der Waals surface area contributed by atoms with Crippen molar-refractivity contribution in [1.82, 2.24) is 4.98 Å². The Balaban J connectivity index is 1.89. The summed E-state index contributed by atoms with van der Waals surface area (Å²) < 4.78 is 5.26. The van der Waals surface area contributed by atoms with Crippen LogP contribution in [0, 0.1) is 0 Å². The largest absolute Gasteiger partial charge is 0.495 e. The number of amides is 2. The lowest BCUT2D eigenvalue weighted by Gasteiger charge is -2.13. The van der Waals surface area contributed by atoms with Crippen LogP contribution in [0.1, 0.15) is 20.7 Å². The van der Waals surface area contributed by atoms with E-state index in [4.69, 9.17) is 10.5 Å². The van der Waals surface area contributed by atoms with Crippen LogP contribution >= 0.6 is 11.8 Å². The molecule has 27 heavy (non-hydrogen) atoms. The van der Waals surface area contributed by atoms with Gasteiger partial charge in [0.15, 0.2) is 0 Å². The molecule has 1 heterocycles. The molecule has 3 aromatic rings. The SMILES string of the molecule is COc1ccc(C(N)=O)cc1NC(=O)c1cccnc1Sc1ccccc1. The third-order valence-corrected chi connectivity index (χ3v) is 4.73. The van der Waals surface area contributed by atoms with Gasteiger partial charge in [-0.1, -0.05) is 30.0 Å². The minimum Gasteiger partial charge on any atom is -0.495 e. The van der Waals surface area contributed by atoms with Crippen LogP contribution in [0.25, 0.3) is 0 Å². The van der Waals surface area contributed by atoms with Gasteiger partial charge in [0.1, 0.15) is 10.8 Å². The molecule has 2 aromatic carbocycles. The maximum atomic E-state index is 12.8. The minimum absolute atomic E-state index is 0.274. The third-order valence-electron chi connectivity index (χ3n) is 3.71. The van der Waals surface area contributed by atoms with E-state index in [1.165, 1.54) is 31.0 Å². The van der Waals surface area contributed by atoms with Crippen molar-refractivity contribution >= 4 is 29.3 Å². The number of nitrogens with zero attached hydrogens (tertiary/aromatic N) is 1. The molecule has 0 aliphatic carbocycles. The van der Waals surface area contributed by atoms with Crippen LogP contribution in [0.2, 0.25) is 0 Å². The fourth-order valence-electron chi connectivity index (χ4n) is 2.39. The lowest BCUT2D eigenvalue weighted by Crippen LogP contribution is -2.16. The predicted molar refractivity (Wildman–Crippen MR) is 104 cm³/mol. The zero-order chi connectivity index (χ0) is 19.2. The maximum Gasteiger partial charge on any atom is 0.258 e. The zero-order valence-corrected chi connectivity index (χ0v) is 15.3. The van der Waals surface area contributed by atoms with Crippen molar-refractivity contribution in [1.29, 1.82) is 0 Å². The number of hydrogen-bond acceptors (Lipinski definition) is 5. The summed E-state index contributed by atoms with van der Waals surface area (Å²) in [7, 11) is 1.48. The van der Waals surface area contributed by atoms with Gasteiger partial charge in [-0.05, 0) is 42.5 Å². The molecule has 3 rings (SSSR count). The van der Waals surface area contributed by atoms with Gasteiger partial charge in [-0.3, -0.25) is 9.59 Å². The smallest absolute Gasteiger partial charge is 0.258 e. The first-order valence-corrected chi connectivity index (χ1v) is 8.87. The third kappa shape index (κ3) is 4.45. The highest BCUT2D eigenvalue weighted by Gasteiger charge is 2.16. The van der Waals surface area contributed by atoms with Gasteiger partial charge < -0.3 is 15.8 Å². The zero-order valence-electron chi connectivity index (χ0n) is 14.5. The molecule has 6 nitrogen and oxygen atoms in total. The molecule has 0 radical (unpaired) electrons. The molecule has 0 fully saturated rings. The van der Waals surface area contributed by atoms with Crippen LogP contribution in [-0.2, 0) is 0 Å². The number of carbonyl (C=O) groups excluding carboxylic acids is 2. The number of nitrogens with two attached hydrogens (primary N) is 1.